The lowest BCUT2D eigenvalue weighted by atomic mass is 9.88. The summed E-state index contributed by atoms with van der Waals surface area (Å²) in [6.45, 7) is 4.07. The number of hydrogen-bond acceptors (Lipinski definition) is 5. The zero-order valence-corrected chi connectivity index (χ0v) is 15.5. The van der Waals surface area contributed by atoms with E-state index in [2.05, 4.69) is 17.6 Å². The van der Waals surface area contributed by atoms with E-state index in [1.165, 1.54) is 6.42 Å². The van der Waals surface area contributed by atoms with Crippen LogP contribution >= 0.6 is 0 Å². The minimum atomic E-state index is -0.596. The molecule has 1 fully saturated rings. The van der Waals surface area contributed by atoms with Crippen LogP contribution in [0.2, 0.25) is 0 Å². The smallest absolute Gasteiger partial charge is 0.338 e. The molecule has 3 atom stereocenters. The Morgan fingerprint density at radius 2 is 2.04 bits per heavy atom. The van der Waals surface area contributed by atoms with Gasteiger partial charge in [0.2, 0.25) is 6.79 Å². The van der Waals surface area contributed by atoms with Gasteiger partial charge in [-0.15, -0.1) is 0 Å². The molecule has 4 rings (SSSR count). The lowest BCUT2D eigenvalue weighted by Gasteiger charge is -2.31. The zero-order chi connectivity index (χ0) is 19.0. The Balaban J connectivity index is 1.60. The number of nitrogens with one attached hydrogen (secondary N) is 2. The summed E-state index contributed by atoms with van der Waals surface area (Å²) in [6.07, 6.45) is 3.94. The van der Waals surface area contributed by atoms with E-state index in [0.29, 0.717) is 28.7 Å². The van der Waals surface area contributed by atoms with Crippen LogP contribution in [-0.2, 0) is 9.53 Å². The van der Waals surface area contributed by atoms with Crippen LogP contribution in [0.15, 0.2) is 29.5 Å². The molecule has 2 N–H and O–H groups in total. The number of rotatable bonds is 3. The third-order valence-electron chi connectivity index (χ3n) is 5.38. The quantitative estimate of drug-likeness (QED) is 0.796. The Kier molecular flexibility index (Phi) is 4.68. The number of ether oxygens (including phenoxy) is 3. The monoisotopic (exact) mass is 372 g/mol. The van der Waals surface area contributed by atoms with Gasteiger partial charge in [0.05, 0.1) is 11.6 Å². The maximum atomic E-state index is 13.0. The Morgan fingerprint density at radius 1 is 1.22 bits per heavy atom. The summed E-state index contributed by atoms with van der Waals surface area (Å²) in [5.41, 5.74) is 1.68. The van der Waals surface area contributed by atoms with Crippen LogP contribution < -0.4 is 20.1 Å². The van der Waals surface area contributed by atoms with Crippen LogP contribution in [0.4, 0.5) is 4.79 Å². The van der Waals surface area contributed by atoms with Crippen LogP contribution in [0.25, 0.3) is 0 Å². The lowest BCUT2D eigenvalue weighted by Crippen LogP contribution is -2.45. The number of benzene rings is 1. The van der Waals surface area contributed by atoms with Crippen LogP contribution in [0.5, 0.6) is 11.5 Å². The Bertz CT molecular complexity index is 804. The predicted octanol–water partition coefficient (Wildman–Crippen LogP) is 3.17. The molecule has 1 aromatic carbocycles. The van der Waals surface area contributed by atoms with Crippen LogP contribution in [0, 0.1) is 5.92 Å². The fraction of sp³-hybridized carbons (Fsp3) is 0.500. The number of hydrogen-bond donors (Lipinski definition) is 2. The molecular weight excluding hydrogens is 348 g/mol. The molecule has 3 unspecified atom stereocenters. The average Bonchev–Trinajstić information content (AvgIpc) is 3.08. The van der Waals surface area contributed by atoms with Crippen molar-refractivity contribution >= 4 is 12.0 Å². The van der Waals surface area contributed by atoms with Gasteiger partial charge in [0.25, 0.3) is 0 Å². The molecule has 7 nitrogen and oxygen atoms in total. The largest absolute Gasteiger partial charge is 0.459 e. The van der Waals surface area contributed by atoms with Crippen LogP contribution in [-0.4, -0.2) is 24.9 Å². The molecule has 1 saturated carbocycles. The maximum absolute atomic E-state index is 13.0. The SMILES string of the molecule is CC1=C(C(=O)OC2CCCC(C)C2)C(c2ccc3c(c2)OCO3)NC(=O)N1. The van der Waals surface area contributed by atoms with Gasteiger partial charge >= 0.3 is 12.0 Å². The fourth-order valence-corrected chi connectivity index (χ4v) is 4.01. The second-order valence-electron chi connectivity index (χ2n) is 7.48. The second kappa shape index (κ2) is 7.13. The molecule has 0 aromatic heterocycles. The van der Waals surface area contributed by atoms with Gasteiger partial charge in [-0.2, -0.15) is 0 Å². The average molecular weight is 372 g/mol. The number of carbonyl (C=O) groups is 2. The highest BCUT2D eigenvalue weighted by atomic mass is 16.7. The molecular formula is C20H24N2O5. The summed E-state index contributed by atoms with van der Waals surface area (Å²) in [7, 11) is 0. The number of urea groups is 1. The maximum Gasteiger partial charge on any atom is 0.338 e. The molecule has 7 heteroatoms. The number of fused-ring (bicyclic) bond motifs is 1. The molecule has 144 valence electrons. The van der Waals surface area contributed by atoms with Gasteiger partial charge in [0.1, 0.15) is 6.10 Å². The first kappa shape index (κ1) is 17.7. The molecule has 27 heavy (non-hydrogen) atoms. The summed E-state index contributed by atoms with van der Waals surface area (Å²) in [5, 5.41) is 5.51. The van der Waals surface area contributed by atoms with Gasteiger partial charge in [-0.1, -0.05) is 19.4 Å². The molecule has 3 aliphatic rings. The summed E-state index contributed by atoms with van der Waals surface area (Å²) >= 11 is 0. The van der Waals surface area contributed by atoms with Gasteiger partial charge in [-0.05, 0) is 49.8 Å². The van der Waals surface area contributed by atoms with E-state index < -0.39 is 6.04 Å². The van der Waals surface area contributed by atoms with Crippen molar-refractivity contribution in [2.75, 3.05) is 6.79 Å². The first-order chi connectivity index (χ1) is 13.0. The van der Waals surface area contributed by atoms with Crippen LogP contribution in [0.1, 0.15) is 51.1 Å². The van der Waals surface area contributed by atoms with E-state index in [1.807, 2.05) is 6.07 Å². The van der Waals surface area contributed by atoms with Gasteiger partial charge in [-0.3, -0.25) is 0 Å². The highest BCUT2D eigenvalue weighted by molar-refractivity contribution is 5.95. The number of amides is 2. The minimum Gasteiger partial charge on any atom is -0.459 e. The molecule has 0 spiro atoms. The highest BCUT2D eigenvalue weighted by Gasteiger charge is 2.34. The van der Waals surface area contributed by atoms with E-state index in [4.69, 9.17) is 14.2 Å². The van der Waals surface area contributed by atoms with E-state index >= 15 is 0 Å². The first-order valence-electron chi connectivity index (χ1n) is 9.40. The molecule has 1 aromatic rings. The Labute approximate surface area is 158 Å². The molecule has 2 heterocycles. The van der Waals surface area contributed by atoms with Crippen molar-refractivity contribution in [1.29, 1.82) is 0 Å². The standard InChI is InChI=1S/C20H24N2O5/c1-11-4-3-5-14(8-11)27-19(23)17-12(2)21-20(24)22-18(17)13-6-7-15-16(9-13)26-10-25-15/h6-7,9,11,14,18H,3-5,8,10H2,1-2H3,(H2,21,22,24). The van der Waals surface area contributed by atoms with Crippen molar-refractivity contribution in [2.24, 2.45) is 5.92 Å². The van der Waals surface area contributed by atoms with Crippen molar-refractivity contribution in [1.82, 2.24) is 10.6 Å². The second-order valence-corrected chi connectivity index (χ2v) is 7.48. The molecule has 2 amide bonds. The molecule has 2 aliphatic heterocycles. The first-order valence-corrected chi connectivity index (χ1v) is 9.40. The van der Waals surface area contributed by atoms with Crippen molar-refractivity contribution in [3.63, 3.8) is 0 Å². The summed E-state index contributed by atoms with van der Waals surface area (Å²) in [4.78, 5) is 25.0. The molecule has 0 bridgehead atoms. The van der Waals surface area contributed by atoms with Gasteiger partial charge in [-0.25, -0.2) is 9.59 Å². The van der Waals surface area contributed by atoms with Crippen molar-refractivity contribution in [2.45, 2.75) is 51.7 Å². The molecule has 0 saturated heterocycles. The van der Waals surface area contributed by atoms with Crippen molar-refractivity contribution < 1.29 is 23.8 Å². The fourth-order valence-electron chi connectivity index (χ4n) is 4.01. The predicted molar refractivity (Wildman–Crippen MR) is 97.2 cm³/mol. The zero-order valence-electron chi connectivity index (χ0n) is 15.5. The van der Waals surface area contributed by atoms with E-state index in [1.54, 1.807) is 19.1 Å². The van der Waals surface area contributed by atoms with Crippen molar-refractivity contribution in [3.8, 4) is 11.5 Å². The van der Waals surface area contributed by atoms with Crippen molar-refractivity contribution in [3.05, 3.63) is 35.0 Å². The Hall–Kier alpha value is -2.70. The topological polar surface area (TPSA) is 85.9 Å². The highest BCUT2D eigenvalue weighted by Crippen LogP contribution is 2.37. The number of esters is 1. The third kappa shape index (κ3) is 3.59. The van der Waals surface area contributed by atoms with E-state index in [-0.39, 0.29) is 24.9 Å². The third-order valence-corrected chi connectivity index (χ3v) is 5.38. The Morgan fingerprint density at radius 3 is 2.85 bits per heavy atom. The molecule has 0 radical (unpaired) electrons. The summed E-state index contributed by atoms with van der Waals surface area (Å²) < 4.78 is 16.6. The van der Waals surface area contributed by atoms with E-state index in [0.717, 1.165) is 24.8 Å². The van der Waals surface area contributed by atoms with Gasteiger partial charge in [0.15, 0.2) is 11.5 Å². The number of allylic oxidation sites excluding steroid dienone is 1. The normalized spacial score (nSPS) is 27.0. The van der Waals surface area contributed by atoms with E-state index in [9.17, 15) is 9.59 Å². The minimum absolute atomic E-state index is 0.0726. The van der Waals surface area contributed by atoms with Gasteiger partial charge in [0, 0.05) is 5.70 Å². The number of carbonyl (C=O) groups excluding carboxylic acids is 2. The lowest BCUT2D eigenvalue weighted by molar-refractivity contribution is -0.146. The van der Waals surface area contributed by atoms with Gasteiger partial charge < -0.3 is 24.8 Å². The van der Waals surface area contributed by atoms with Crippen LogP contribution in [0.3, 0.4) is 0 Å². The summed E-state index contributed by atoms with van der Waals surface area (Å²) in [6, 6.07) is 4.46. The summed E-state index contributed by atoms with van der Waals surface area (Å²) in [5.74, 6) is 1.43. The molecule has 1 aliphatic carbocycles.